The number of carbonyl (C=O) groups is 2. The van der Waals surface area contributed by atoms with Crippen molar-refractivity contribution in [1.29, 1.82) is 5.26 Å². The maximum absolute atomic E-state index is 13.5. The third kappa shape index (κ3) is 3.66. The van der Waals surface area contributed by atoms with Crippen LogP contribution in [-0.2, 0) is 9.59 Å². The predicted octanol–water partition coefficient (Wildman–Crippen LogP) is 3.48. The molecule has 0 aromatic heterocycles. The summed E-state index contributed by atoms with van der Waals surface area (Å²) in [6.45, 7) is 3.43. The molecule has 2 aromatic rings. The minimum atomic E-state index is -0.504. The third-order valence-electron chi connectivity index (χ3n) is 5.65. The molecule has 0 radical (unpaired) electrons. The lowest BCUT2D eigenvalue weighted by Gasteiger charge is -2.33. The van der Waals surface area contributed by atoms with Gasteiger partial charge in [-0.3, -0.25) is 19.7 Å². The van der Waals surface area contributed by atoms with Gasteiger partial charge in [0.1, 0.15) is 5.70 Å². The van der Waals surface area contributed by atoms with Crippen molar-refractivity contribution in [1.82, 2.24) is 4.90 Å². The van der Waals surface area contributed by atoms with Crippen LogP contribution in [0, 0.1) is 27.4 Å². The van der Waals surface area contributed by atoms with E-state index in [9.17, 15) is 19.7 Å². The number of rotatable bonds is 4. The highest BCUT2D eigenvalue weighted by atomic mass is 16.6. The zero-order valence-corrected chi connectivity index (χ0v) is 16.9. The zero-order chi connectivity index (χ0) is 22.1. The fourth-order valence-electron chi connectivity index (χ4n) is 4.13. The van der Waals surface area contributed by atoms with Crippen molar-refractivity contribution in [2.45, 2.75) is 19.8 Å². The average molecular weight is 416 g/mol. The lowest BCUT2D eigenvalue weighted by molar-refractivity contribution is -0.384. The molecule has 0 spiro atoms. The van der Waals surface area contributed by atoms with Gasteiger partial charge in [-0.25, -0.2) is 4.90 Å². The van der Waals surface area contributed by atoms with Crippen LogP contribution in [0.25, 0.3) is 5.57 Å². The topological polar surface area (TPSA) is 108 Å². The highest BCUT2D eigenvalue weighted by molar-refractivity contribution is 6.45. The Labute approximate surface area is 179 Å². The van der Waals surface area contributed by atoms with Gasteiger partial charge in [-0.2, -0.15) is 5.26 Å². The monoisotopic (exact) mass is 416 g/mol. The zero-order valence-electron chi connectivity index (χ0n) is 16.9. The summed E-state index contributed by atoms with van der Waals surface area (Å²) >= 11 is 0. The standard InChI is InChI=1S/C23H20N4O4/c1-15-3-2-12-25(14-15)21-20(17-6-10-19(11-7-17)27(30)31)22(28)26(23(21)29)18-8-4-16(13-24)5-9-18/h4-11,15H,2-3,12,14H2,1H3. The number of amides is 2. The second kappa shape index (κ2) is 8.03. The molecule has 8 heteroatoms. The highest BCUT2D eigenvalue weighted by Gasteiger charge is 2.43. The Morgan fingerprint density at radius 3 is 2.32 bits per heavy atom. The number of imide groups is 1. The summed E-state index contributed by atoms with van der Waals surface area (Å²) in [4.78, 5) is 40.5. The molecule has 0 saturated carbocycles. The van der Waals surface area contributed by atoms with Crippen molar-refractivity contribution in [2.24, 2.45) is 5.92 Å². The molecule has 0 aliphatic carbocycles. The molecule has 2 aromatic carbocycles. The van der Waals surface area contributed by atoms with Gasteiger partial charge in [-0.1, -0.05) is 6.92 Å². The summed E-state index contributed by atoms with van der Waals surface area (Å²) in [5.41, 5.74) is 1.77. The number of benzene rings is 2. The van der Waals surface area contributed by atoms with Crippen molar-refractivity contribution in [2.75, 3.05) is 18.0 Å². The molecule has 0 N–H and O–H groups in total. The van der Waals surface area contributed by atoms with E-state index in [0.29, 0.717) is 41.5 Å². The molecule has 1 atom stereocenters. The Bertz CT molecular complexity index is 1130. The fourth-order valence-corrected chi connectivity index (χ4v) is 4.13. The van der Waals surface area contributed by atoms with Crippen molar-refractivity contribution in [3.63, 3.8) is 0 Å². The molecule has 8 nitrogen and oxygen atoms in total. The summed E-state index contributed by atoms with van der Waals surface area (Å²) in [7, 11) is 0. The van der Waals surface area contributed by atoms with E-state index in [4.69, 9.17) is 5.26 Å². The van der Waals surface area contributed by atoms with Crippen LogP contribution in [0.15, 0.2) is 54.2 Å². The van der Waals surface area contributed by atoms with Crippen molar-refractivity contribution < 1.29 is 14.5 Å². The van der Waals surface area contributed by atoms with Gasteiger partial charge in [-0.05, 0) is 60.7 Å². The first-order chi connectivity index (χ1) is 14.9. The second-order valence-electron chi connectivity index (χ2n) is 7.83. The van der Waals surface area contributed by atoms with Crippen molar-refractivity contribution in [3.8, 4) is 6.07 Å². The second-order valence-corrected chi connectivity index (χ2v) is 7.83. The number of carbonyl (C=O) groups excluding carboxylic acids is 2. The van der Waals surface area contributed by atoms with Crippen LogP contribution in [0.5, 0.6) is 0 Å². The molecule has 156 valence electrons. The number of hydrogen-bond acceptors (Lipinski definition) is 6. The Morgan fingerprint density at radius 2 is 1.74 bits per heavy atom. The van der Waals surface area contributed by atoms with E-state index < -0.39 is 16.7 Å². The van der Waals surface area contributed by atoms with E-state index in [1.165, 1.54) is 24.3 Å². The maximum Gasteiger partial charge on any atom is 0.282 e. The molecule has 4 rings (SSSR count). The third-order valence-corrected chi connectivity index (χ3v) is 5.65. The largest absolute Gasteiger partial charge is 0.366 e. The van der Waals surface area contributed by atoms with E-state index >= 15 is 0 Å². The molecular weight excluding hydrogens is 396 g/mol. The number of nitrogens with zero attached hydrogens (tertiary/aromatic N) is 4. The summed E-state index contributed by atoms with van der Waals surface area (Å²) in [5.74, 6) is -0.514. The van der Waals surface area contributed by atoms with E-state index in [-0.39, 0.29) is 11.3 Å². The Kier molecular flexibility index (Phi) is 5.26. The molecule has 0 bridgehead atoms. The van der Waals surface area contributed by atoms with Gasteiger partial charge in [0.25, 0.3) is 17.5 Å². The number of likely N-dealkylation sites (tertiary alicyclic amines) is 1. The van der Waals surface area contributed by atoms with Gasteiger partial charge in [-0.15, -0.1) is 0 Å². The van der Waals surface area contributed by atoms with Crippen molar-refractivity contribution >= 4 is 28.8 Å². The minimum Gasteiger partial charge on any atom is -0.366 e. The first kappa shape index (κ1) is 20.3. The summed E-state index contributed by atoms with van der Waals surface area (Å²) in [6.07, 6.45) is 1.97. The Hall–Kier alpha value is -3.99. The quantitative estimate of drug-likeness (QED) is 0.429. The molecule has 31 heavy (non-hydrogen) atoms. The number of nitro benzene ring substituents is 1. The first-order valence-electron chi connectivity index (χ1n) is 10.0. The van der Waals surface area contributed by atoms with Gasteiger partial charge in [0.15, 0.2) is 0 Å². The van der Waals surface area contributed by atoms with Crippen LogP contribution in [0.2, 0.25) is 0 Å². The molecule has 1 unspecified atom stereocenters. The SMILES string of the molecule is CC1CCCN(C2=C(c3ccc([N+](=O)[O-])cc3)C(=O)N(c3ccc(C#N)cc3)C2=O)C1. The molecule has 2 aliphatic heterocycles. The lowest BCUT2D eigenvalue weighted by Crippen LogP contribution is -2.39. The molecule has 2 aliphatic rings. The first-order valence-corrected chi connectivity index (χ1v) is 10.0. The fraction of sp³-hybridized carbons (Fsp3) is 0.261. The number of nitriles is 1. The number of hydrogen-bond donors (Lipinski definition) is 0. The van der Waals surface area contributed by atoms with Crippen LogP contribution in [0.3, 0.4) is 0 Å². The number of piperidine rings is 1. The average Bonchev–Trinajstić information content (AvgIpc) is 3.04. The molecule has 2 amide bonds. The summed E-state index contributed by atoms with van der Waals surface area (Å²) in [6, 6.07) is 14.0. The van der Waals surface area contributed by atoms with Crippen molar-refractivity contribution in [3.05, 3.63) is 75.5 Å². The molecule has 1 saturated heterocycles. The molecular formula is C23H20N4O4. The van der Waals surface area contributed by atoms with Gasteiger partial charge in [0.05, 0.1) is 27.8 Å². The maximum atomic E-state index is 13.5. The number of non-ortho nitro benzene ring substituents is 1. The van der Waals surface area contributed by atoms with E-state index in [0.717, 1.165) is 17.7 Å². The summed E-state index contributed by atoms with van der Waals surface area (Å²) < 4.78 is 0. The van der Waals surface area contributed by atoms with Gasteiger partial charge in [0, 0.05) is 25.2 Å². The van der Waals surface area contributed by atoms with E-state index in [1.54, 1.807) is 24.3 Å². The predicted molar refractivity (Wildman–Crippen MR) is 114 cm³/mol. The van der Waals surface area contributed by atoms with Crippen LogP contribution in [-0.4, -0.2) is 34.7 Å². The lowest BCUT2D eigenvalue weighted by atomic mass is 9.97. The Morgan fingerprint density at radius 1 is 1.06 bits per heavy atom. The molecule has 1 fully saturated rings. The Balaban J connectivity index is 1.80. The van der Waals surface area contributed by atoms with Crippen LogP contribution < -0.4 is 4.90 Å². The molecule has 2 heterocycles. The van der Waals surface area contributed by atoms with Gasteiger partial charge >= 0.3 is 0 Å². The van der Waals surface area contributed by atoms with Crippen LogP contribution >= 0.6 is 0 Å². The summed E-state index contributed by atoms with van der Waals surface area (Å²) in [5, 5.41) is 20.0. The van der Waals surface area contributed by atoms with E-state index in [1.807, 2.05) is 11.0 Å². The number of anilines is 1. The van der Waals surface area contributed by atoms with Crippen LogP contribution in [0.4, 0.5) is 11.4 Å². The smallest absolute Gasteiger partial charge is 0.282 e. The van der Waals surface area contributed by atoms with Gasteiger partial charge in [0.2, 0.25) is 0 Å². The van der Waals surface area contributed by atoms with E-state index in [2.05, 4.69) is 6.92 Å². The van der Waals surface area contributed by atoms with Crippen LogP contribution in [0.1, 0.15) is 30.9 Å². The minimum absolute atomic E-state index is 0.0850. The van der Waals surface area contributed by atoms with Gasteiger partial charge < -0.3 is 4.90 Å². The highest BCUT2D eigenvalue weighted by Crippen LogP contribution is 2.36. The normalized spacial score (nSPS) is 19.0. The number of nitro groups is 1.